The molecule has 0 spiro atoms. The van der Waals surface area contributed by atoms with E-state index in [1.807, 2.05) is 0 Å². The van der Waals surface area contributed by atoms with Gasteiger partial charge in [-0.25, -0.2) is 0 Å². The number of rotatable bonds is 4. The molecule has 0 unspecified atom stereocenters. The topological polar surface area (TPSA) is 73.9 Å². The number of nitrogens with zero attached hydrogens (tertiary/aromatic N) is 2. The van der Waals surface area contributed by atoms with Crippen LogP contribution in [-0.4, -0.2) is 87.2 Å². The largest absolute Gasteiger partial charge is 0.379 e. The summed E-state index contributed by atoms with van der Waals surface area (Å²) in [7, 11) is 0. The van der Waals surface area contributed by atoms with E-state index in [0.29, 0.717) is 19.6 Å². The zero-order valence-electron chi connectivity index (χ0n) is 11.9. The molecule has 0 aromatic rings. The normalized spacial score (nSPS) is 20.7. The number of morpholine rings is 1. The molecule has 114 valence electrons. The van der Waals surface area contributed by atoms with Crippen LogP contribution < -0.4 is 10.6 Å². The molecule has 20 heavy (non-hydrogen) atoms. The predicted octanol–water partition coefficient (Wildman–Crippen LogP) is -1.74. The maximum Gasteiger partial charge on any atom is 0.311 e. The molecule has 0 bridgehead atoms. The van der Waals surface area contributed by atoms with Gasteiger partial charge in [0.2, 0.25) is 0 Å². The second-order valence-corrected chi connectivity index (χ2v) is 5.11. The number of hydrogen-bond donors (Lipinski definition) is 2. The lowest BCUT2D eigenvalue weighted by molar-refractivity contribution is -0.146. The summed E-state index contributed by atoms with van der Waals surface area (Å²) in [6.45, 7) is 7.70. The predicted molar refractivity (Wildman–Crippen MR) is 74.3 cm³/mol. The van der Waals surface area contributed by atoms with E-state index in [9.17, 15) is 9.59 Å². The maximum atomic E-state index is 11.9. The van der Waals surface area contributed by atoms with E-state index in [4.69, 9.17) is 4.74 Å². The van der Waals surface area contributed by atoms with Crippen LogP contribution in [0.3, 0.4) is 0 Å². The highest BCUT2D eigenvalue weighted by Crippen LogP contribution is 1.97. The highest BCUT2D eigenvalue weighted by molar-refractivity contribution is 6.35. The first-order chi connectivity index (χ1) is 9.77. The van der Waals surface area contributed by atoms with Gasteiger partial charge in [0.05, 0.1) is 13.2 Å². The van der Waals surface area contributed by atoms with Crippen LogP contribution in [0.15, 0.2) is 0 Å². The van der Waals surface area contributed by atoms with Crippen LogP contribution in [0.5, 0.6) is 0 Å². The summed E-state index contributed by atoms with van der Waals surface area (Å²) in [6.07, 6.45) is 0.862. The third-order valence-electron chi connectivity index (χ3n) is 3.64. The lowest BCUT2D eigenvalue weighted by atomic mass is 10.3. The molecule has 2 aliphatic heterocycles. The molecular formula is C13H24N4O3. The lowest BCUT2D eigenvalue weighted by Gasteiger charge is -2.27. The number of carbonyl (C=O) groups is 2. The Kier molecular flexibility index (Phi) is 6.23. The molecule has 0 atom stereocenters. The Morgan fingerprint density at radius 3 is 2.50 bits per heavy atom. The van der Waals surface area contributed by atoms with Gasteiger partial charge in [-0.3, -0.25) is 14.5 Å². The molecule has 2 N–H and O–H groups in total. The minimum atomic E-state index is -0.478. The van der Waals surface area contributed by atoms with Crippen molar-refractivity contribution in [1.82, 2.24) is 20.4 Å². The lowest BCUT2D eigenvalue weighted by Crippen LogP contribution is -2.51. The van der Waals surface area contributed by atoms with Crippen molar-refractivity contribution in [3.8, 4) is 0 Å². The Labute approximate surface area is 119 Å². The number of nitrogens with one attached hydrogen (secondary N) is 2. The van der Waals surface area contributed by atoms with E-state index in [-0.39, 0.29) is 0 Å². The Morgan fingerprint density at radius 1 is 1.10 bits per heavy atom. The van der Waals surface area contributed by atoms with Gasteiger partial charge in [-0.2, -0.15) is 0 Å². The quantitative estimate of drug-likeness (QED) is 0.473. The Balaban J connectivity index is 1.58. The minimum Gasteiger partial charge on any atom is -0.379 e. The highest BCUT2D eigenvalue weighted by atomic mass is 16.5. The van der Waals surface area contributed by atoms with Gasteiger partial charge in [-0.15, -0.1) is 0 Å². The molecule has 0 aromatic heterocycles. The van der Waals surface area contributed by atoms with E-state index < -0.39 is 11.8 Å². The van der Waals surface area contributed by atoms with E-state index in [1.165, 1.54) is 0 Å². The Hall–Kier alpha value is -1.18. The van der Waals surface area contributed by atoms with Crippen molar-refractivity contribution in [2.75, 3.05) is 65.6 Å². The van der Waals surface area contributed by atoms with Crippen LogP contribution in [0.1, 0.15) is 6.42 Å². The van der Waals surface area contributed by atoms with Crippen molar-refractivity contribution < 1.29 is 14.3 Å². The summed E-state index contributed by atoms with van der Waals surface area (Å²) in [5, 5.41) is 5.87. The van der Waals surface area contributed by atoms with Crippen LogP contribution >= 0.6 is 0 Å². The smallest absolute Gasteiger partial charge is 0.311 e. The van der Waals surface area contributed by atoms with Crippen molar-refractivity contribution >= 4 is 11.8 Å². The molecule has 0 saturated carbocycles. The zero-order chi connectivity index (χ0) is 14.2. The van der Waals surface area contributed by atoms with Crippen LogP contribution in [0.25, 0.3) is 0 Å². The highest BCUT2D eigenvalue weighted by Gasteiger charge is 2.22. The molecule has 2 heterocycles. The third kappa shape index (κ3) is 4.73. The van der Waals surface area contributed by atoms with E-state index in [0.717, 1.165) is 52.4 Å². The monoisotopic (exact) mass is 284 g/mol. The standard InChI is InChI=1S/C13H24N4O3/c18-12(13(19)17-6-3-14-4-7-17)15-2-1-5-16-8-10-20-11-9-16/h14H,1-11H2,(H,15,18). The van der Waals surface area contributed by atoms with Gasteiger partial charge in [-0.05, 0) is 13.0 Å². The van der Waals surface area contributed by atoms with Gasteiger partial charge in [-0.1, -0.05) is 0 Å². The fourth-order valence-electron chi connectivity index (χ4n) is 2.42. The first-order valence-corrected chi connectivity index (χ1v) is 7.35. The molecule has 2 aliphatic rings. The zero-order valence-corrected chi connectivity index (χ0v) is 11.9. The fraction of sp³-hybridized carbons (Fsp3) is 0.846. The van der Waals surface area contributed by atoms with E-state index >= 15 is 0 Å². The summed E-state index contributed by atoms with van der Waals surface area (Å²) in [5.41, 5.74) is 0. The van der Waals surface area contributed by atoms with Gasteiger partial charge < -0.3 is 20.3 Å². The average molecular weight is 284 g/mol. The maximum absolute atomic E-state index is 11.9. The van der Waals surface area contributed by atoms with Crippen molar-refractivity contribution in [3.05, 3.63) is 0 Å². The molecule has 0 aliphatic carbocycles. The van der Waals surface area contributed by atoms with Gasteiger partial charge in [0, 0.05) is 45.8 Å². The van der Waals surface area contributed by atoms with Crippen molar-refractivity contribution in [1.29, 1.82) is 0 Å². The van der Waals surface area contributed by atoms with Crippen LogP contribution in [0.4, 0.5) is 0 Å². The molecular weight excluding hydrogens is 260 g/mol. The number of piperazine rings is 1. The summed E-state index contributed by atoms with van der Waals surface area (Å²) < 4.78 is 5.28. The van der Waals surface area contributed by atoms with Crippen molar-refractivity contribution in [2.45, 2.75) is 6.42 Å². The fourth-order valence-corrected chi connectivity index (χ4v) is 2.42. The summed E-state index contributed by atoms with van der Waals surface area (Å²) in [6, 6.07) is 0. The molecule has 2 rings (SSSR count). The number of carbonyl (C=O) groups excluding carboxylic acids is 2. The molecule has 7 nitrogen and oxygen atoms in total. The minimum absolute atomic E-state index is 0.405. The average Bonchev–Trinajstić information content (AvgIpc) is 2.52. The molecule has 2 saturated heterocycles. The molecule has 0 radical (unpaired) electrons. The summed E-state index contributed by atoms with van der Waals surface area (Å²) in [4.78, 5) is 27.5. The van der Waals surface area contributed by atoms with E-state index in [2.05, 4.69) is 15.5 Å². The van der Waals surface area contributed by atoms with Crippen molar-refractivity contribution in [3.63, 3.8) is 0 Å². The molecule has 2 amide bonds. The Morgan fingerprint density at radius 2 is 1.80 bits per heavy atom. The third-order valence-corrected chi connectivity index (χ3v) is 3.64. The number of ether oxygens (including phenoxy) is 1. The SMILES string of the molecule is O=C(NCCCN1CCOCC1)C(=O)N1CCNCC1. The van der Waals surface area contributed by atoms with Gasteiger partial charge in [0.15, 0.2) is 0 Å². The Bertz CT molecular complexity index is 326. The second-order valence-electron chi connectivity index (χ2n) is 5.11. The first-order valence-electron chi connectivity index (χ1n) is 7.35. The van der Waals surface area contributed by atoms with Gasteiger partial charge >= 0.3 is 11.8 Å². The summed E-state index contributed by atoms with van der Waals surface area (Å²) >= 11 is 0. The molecule has 0 aromatic carbocycles. The molecule has 7 heteroatoms. The van der Waals surface area contributed by atoms with Crippen LogP contribution in [0, 0.1) is 0 Å². The number of amides is 2. The number of hydrogen-bond acceptors (Lipinski definition) is 5. The van der Waals surface area contributed by atoms with Gasteiger partial charge in [0.1, 0.15) is 0 Å². The first kappa shape index (κ1) is 15.2. The summed E-state index contributed by atoms with van der Waals surface area (Å²) in [5.74, 6) is -0.883. The van der Waals surface area contributed by atoms with E-state index in [1.54, 1.807) is 4.90 Å². The molecule has 2 fully saturated rings. The van der Waals surface area contributed by atoms with Gasteiger partial charge in [0.25, 0.3) is 0 Å². The van der Waals surface area contributed by atoms with Crippen LogP contribution in [-0.2, 0) is 14.3 Å². The van der Waals surface area contributed by atoms with Crippen LogP contribution in [0.2, 0.25) is 0 Å². The van der Waals surface area contributed by atoms with Crippen molar-refractivity contribution in [2.24, 2.45) is 0 Å². The second kappa shape index (κ2) is 8.18.